The molecule has 0 radical (unpaired) electrons. The number of nitrogens with zero attached hydrogens (tertiary/aromatic N) is 3. The topological polar surface area (TPSA) is 78.7 Å². The van der Waals surface area contributed by atoms with Gasteiger partial charge in [-0.05, 0) is 19.1 Å². The Morgan fingerprint density at radius 1 is 1.33 bits per heavy atom. The van der Waals surface area contributed by atoms with E-state index in [1.807, 2.05) is 6.26 Å². The monoisotopic (exact) mass is 342 g/mol. The van der Waals surface area contributed by atoms with E-state index in [9.17, 15) is 10.1 Å². The van der Waals surface area contributed by atoms with Crippen molar-refractivity contribution in [1.29, 1.82) is 5.26 Å². The summed E-state index contributed by atoms with van der Waals surface area (Å²) in [5, 5.41) is 20.4. The number of carbonyl (C=O) groups excluding carboxylic acids is 1. The maximum Gasteiger partial charge on any atom is 0.231 e. The Balaban J connectivity index is 1.86. The van der Waals surface area contributed by atoms with Crippen molar-refractivity contribution < 1.29 is 4.79 Å². The fourth-order valence-corrected chi connectivity index (χ4v) is 4.60. The first-order valence-electron chi connectivity index (χ1n) is 6.90. The molecule has 0 bridgehead atoms. The lowest BCUT2D eigenvalue weighted by molar-refractivity contribution is -0.120. The highest BCUT2D eigenvalue weighted by Crippen LogP contribution is 2.29. The number of carbonyl (C=O) groups is 1. The number of aromatic nitrogens is 2. The molecule has 1 heterocycles. The van der Waals surface area contributed by atoms with Crippen molar-refractivity contribution in [1.82, 2.24) is 15.5 Å². The summed E-state index contributed by atoms with van der Waals surface area (Å²) < 4.78 is 1.69. The molecule has 0 atom stereocenters. The molecule has 0 unspecified atom stereocenters. The van der Waals surface area contributed by atoms with Gasteiger partial charge in [-0.3, -0.25) is 4.79 Å². The van der Waals surface area contributed by atoms with Gasteiger partial charge in [0, 0.05) is 0 Å². The van der Waals surface area contributed by atoms with Crippen molar-refractivity contribution in [2.75, 3.05) is 12.0 Å². The van der Waals surface area contributed by atoms with E-state index in [-0.39, 0.29) is 11.7 Å². The molecule has 0 saturated heterocycles. The van der Waals surface area contributed by atoms with Crippen molar-refractivity contribution >= 4 is 40.8 Å². The minimum atomic E-state index is -0.667. The third kappa shape index (κ3) is 4.87. The van der Waals surface area contributed by atoms with Crippen molar-refractivity contribution in [3.05, 3.63) is 0 Å². The second kappa shape index (κ2) is 8.01. The minimum Gasteiger partial charge on any atom is -0.337 e. The highest BCUT2D eigenvalue weighted by atomic mass is 32.2. The second-order valence-electron chi connectivity index (χ2n) is 4.98. The molecule has 1 fully saturated rings. The number of nitrogens with one attached hydrogen (secondary N) is 1. The van der Waals surface area contributed by atoms with Crippen molar-refractivity contribution in [2.45, 2.75) is 52.7 Å². The van der Waals surface area contributed by atoms with E-state index >= 15 is 0 Å². The predicted octanol–water partition coefficient (Wildman–Crippen LogP) is 3.08. The summed E-state index contributed by atoms with van der Waals surface area (Å²) in [6, 6.07) is 2.33. The van der Waals surface area contributed by atoms with Gasteiger partial charge >= 0.3 is 0 Å². The van der Waals surface area contributed by atoms with Gasteiger partial charge in [-0.2, -0.15) is 5.26 Å². The van der Waals surface area contributed by atoms with Gasteiger partial charge in [0.1, 0.15) is 5.54 Å². The van der Waals surface area contributed by atoms with E-state index in [2.05, 4.69) is 21.6 Å². The Hall–Kier alpha value is -0.780. The zero-order chi connectivity index (χ0) is 15.1. The maximum atomic E-state index is 12.1. The van der Waals surface area contributed by atoms with Gasteiger partial charge in [0.05, 0.1) is 11.8 Å². The van der Waals surface area contributed by atoms with Crippen LogP contribution in [-0.4, -0.2) is 33.7 Å². The Bertz CT molecular complexity index is 518. The van der Waals surface area contributed by atoms with E-state index < -0.39 is 5.54 Å². The molecule has 1 amide bonds. The zero-order valence-electron chi connectivity index (χ0n) is 11.9. The van der Waals surface area contributed by atoms with Crippen LogP contribution in [0.5, 0.6) is 0 Å². The molecule has 1 saturated carbocycles. The number of hydrogen-bond acceptors (Lipinski definition) is 7. The summed E-state index contributed by atoms with van der Waals surface area (Å²) in [5.41, 5.74) is -0.667. The molecule has 0 aromatic carbocycles. The van der Waals surface area contributed by atoms with Gasteiger partial charge in [0.2, 0.25) is 5.91 Å². The van der Waals surface area contributed by atoms with E-state index in [4.69, 9.17) is 0 Å². The first kappa shape index (κ1) is 16.6. The van der Waals surface area contributed by atoms with Crippen LogP contribution in [0.3, 0.4) is 0 Å². The fraction of sp³-hybridized carbons (Fsp3) is 0.692. The normalized spacial score (nSPS) is 17.7. The SMILES string of the molecule is CSc1nnc(SCC(=O)NC2(C#N)CCCCCC2)s1. The minimum absolute atomic E-state index is 0.0932. The van der Waals surface area contributed by atoms with E-state index in [0.29, 0.717) is 0 Å². The summed E-state index contributed by atoms with van der Waals surface area (Å²) >= 11 is 4.41. The summed E-state index contributed by atoms with van der Waals surface area (Å²) in [4.78, 5) is 12.1. The van der Waals surface area contributed by atoms with Crippen molar-refractivity contribution in [2.24, 2.45) is 0 Å². The number of nitriles is 1. The summed E-state index contributed by atoms with van der Waals surface area (Å²) in [6.45, 7) is 0. The van der Waals surface area contributed by atoms with Crippen LogP contribution in [-0.2, 0) is 4.79 Å². The van der Waals surface area contributed by atoms with Gasteiger partial charge in [0.25, 0.3) is 0 Å². The Kier molecular flexibility index (Phi) is 6.33. The smallest absolute Gasteiger partial charge is 0.231 e. The van der Waals surface area contributed by atoms with Gasteiger partial charge in [0.15, 0.2) is 8.68 Å². The van der Waals surface area contributed by atoms with E-state index in [0.717, 1.165) is 47.2 Å². The first-order valence-corrected chi connectivity index (χ1v) is 9.93. The maximum absolute atomic E-state index is 12.1. The van der Waals surface area contributed by atoms with Gasteiger partial charge < -0.3 is 5.32 Å². The van der Waals surface area contributed by atoms with E-state index in [1.54, 1.807) is 11.8 Å². The van der Waals surface area contributed by atoms with Gasteiger partial charge in [-0.15, -0.1) is 10.2 Å². The Morgan fingerprint density at radius 2 is 2.00 bits per heavy atom. The molecule has 1 N–H and O–H groups in total. The molecule has 1 aliphatic carbocycles. The van der Waals surface area contributed by atoms with Crippen LogP contribution >= 0.6 is 34.9 Å². The summed E-state index contributed by atoms with van der Waals surface area (Å²) in [5.74, 6) is 0.191. The summed E-state index contributed by atoms with van der Waals surface area (Å²) in [7, 11) is 0. The number of hydrogen-bond donors (Lipinski definition) is 1. The molecule has 114 valence electrons. The predicted molar refractivity (Wildman–Crippen MR) is 86.6 cm³/mol. The zero-order valence-corrected chi connectivity index (χ0v) is 14.4. The standard InChI is InChI=1S/C13H18N4OS3/c1-19-11-16-17-12(21-11)20-8-10(18)15-13(9-14)6-4-2-3-5-7-13/h2-8H2,1H3,(H,15,18). The molecule has 5 nitrogen and oxygen atoms in total. The summed E-state index contributed by atoms with van der Waals surface area (Å²) in [6.07, 6.45) is 7.78. The number of rotatable bonds is 5. The lowest BCUT2D eigenvalue weighted by atomic mass is 9.92. The van der Waals surface area contributed by atoms with Crippen LogP contribution in [0.2, 0.25) is 0 Å². The van der Waals surface area contributed by atoms with Crippen LogP contribution in [0.25, 0.3) is 0 Å². The van der Waals surface area contributed by atoms with Crippen LogP contribution < -0.4 is 5.32 Å². The third-order valence-electron chi connectivity index (χ3n) is 3.44. The fourth-order valence-electron chi connectivity index (χ4n) is 2.37. The molecule has 21 heavy (non-hydrogen) atoms. The molecule has 1 aliphatic rings. The lowest BCUT2D eigenvalue weighted by Crippen LogP contribution is -2.47. The first-order chi connectivity index (χ1) is 10.2. The quantitative estimate of drug-likeness (QED) is 0.654. The van der Waals surface area contributed by atoms with Gasteiger partial charge in [-0.1, -0.05) is 60.5 Å². The Morgan fingerprint density at radius 3 is 2.57 bits per heavy atom. The molecule has 0 aliphatic heterocycles. The molecule has 1 aromatic rings. The Labute approximate surface area is 137 Å². The average molecular weight is 343 g/mol. The molecule has 1 aromatic heterocycles. The third-order valence-corrected chi connectivity index (χ3v) is 6.47. The highest BCUT2D eigenvalue weighted by Gasteiger charge is 2.32. The van der Waals surface area contributed by atoms with E-state index in [1.165, 1.54) is 23.1 Å². The molecule has 8 heteroatoms. The van der Waals surface area contributed by atoms with Crippen LogP contribution in [0.1, 0.15) is 38.5 Å². The molecule has 2 rings (SSSR count). The molecular weight excluding hydrogens is 324 g/mol. The lowest BCUT2D eigenvalue weighted by Gasteiger charge is -2.26. The molecule has 0 spiro atoms. The van der Waals surface area contributed by atoms with Crippen LogP contribution in [0.4, 0.5) is 0 Å². The van der Waals surface area contributed by atoms with Crippen LogP contribution in [0, 0.1) is 11.3 Å². The number of amides is 1. The second-order valence-corrected chi connectivity index (χ2v) is 8.24. The number of thioether (sulfide) groups is 2. The van der Waals surface area contributed by atoms with Crippen molar-refractivity contribution in [3.8, 4) is 6.07 Å². The van der Waals surface area contributed by atoms with Crippen LogP contribution in [0.15, 0.2) is 8.68 Å². The van der Waals surface area contributed by atoms with Gasteiger partial charge in [-0.25, -0.2) is 0 Å². The molecular formula is C13H18N4OS3. The largest absolute Gasteiger partial charge is 0.337 e. The van der Waals surface area contributed by atoms with Crippen molar-refractivity contribution in [3.63, 3.8) is 0 Å². The average Bonchev–Trinajstić information content (AvgIpc) is 2.84. The highest BCUT2D eigenvalue weighted by molar-refractivity contribution is 8.03.